The van der Waals surface area contributed by atoms with Gasteiger partial charge in [0.2, 0.25) is 0 Å². The first-order valence-electron chi connectivity index (χ1n) is 9.68. The lowest BCUT2D eigenvalue weighted by Gasteiger charge is -2.28. The van der Waals surface area contributed by atoms with Crippen LogP contribution in [0.5, 0.6) is 0 Å². The Morgan fingerprint density at radius 1 is 1.29 bits per heavy atom. The number of H-pyrrole nitrogens is 1. The summed E-state index contributed by atoms with van der Waals surface area (Å²) in [5, 5.41) is 12.5. The van der Waals surface area contributed by atoms with Gasteiger partial charge in [-0.3, -0.25) is 14.7 Å². The van der Waals surface area contributed by atoms with Crippen LogP contribution in [-0.2, 0) is 29.1 Å². The number of aromatic nitrogens is 3. The number of nitrogens with zero attached hydrogens (tertiary/aromatic N) is 3. The van der Waals surface area contributed by atoms with E-state index in [0.717, 1.165) is 17.0 Å². The van der Waals surface area contributed by atoms with Gasteiger partial charge < -0.3 is 15.5 Å². The zero-order valence-electron chi connectivity index (χ0n) is 16.7. The van der Waals surface area contributed by atoms with E-state index in [9.17, 15) is 14.0 Å². The minimum Gasteiger partial charge on any atom is -0.344 e. The zero-order valence-corrected chi connectivity index (χ0v) is 17.5. The number of hydrogen-bond donors (Lipinski definition) is 3. The number of halogens is 2. The first-order valence-corrected chi connectivity index (χ1v) is 10.1. The van der Waals surface area contributed by atoms with Gasteiger partial charge in [0.15, 0.2) is 0 Å². The fourth-order valence-corrected chi connectivity index (χ4v) is 3.55. The van der Waals surface area contributed by atoms with Crippen LogP contribution in [0.2, 0.25) is 5.02 Å². The molecule has 0 fully saturated rings. The Bertz CT molecular complexity index is 1150. The fraction of sp³-hybridized carbons (Fsp3) is 0.238. The first kappa shape index (κ1) is 20.8. The van der Waals surface area contributed by atoms with Gasteiger partial charge in [0.05, 0.1) is 23.0 Å². The van der Waals surface area contributed by atoms with Gasteiger partial charge >= 0.3 is 11.8 Å². The number of aryl methyl sites for hydroxylation is 1. The lowest BCUT2D eigenvalue weighted by atomic mass is 10.0. The lowest BCUT2D eigenvalue weighted by Crippen LogP contribution is -2.45. The average molecular weight is 443 g/mol. The van der Waals surface area contributed by atoms with E-state index in [1.54, 1.807) is 6.07 Å². The summed E-state index contributed by atoms with van der Waals surface area (Å²) >= 11 is 5.75. The number of aromatic amines is 1. The quantitative estimate of drug-likeness (QED) is 0.539. The van der Waals surface area contributed by atoms with Crippen molar-refractivity contribution < 1.29 is 14.0 Å². The number of pyridine rings is 1. The lowest BCUT2D eigenvalue weighted by molar-refractivity contribution is -0.146. The number of hydrogen-bond acceptors (Lipinski definition) is 5. The Labute approximate surface area is 182 Å². The molecular weight excluding hydrogens is 423 g/mol. The average Bonchev–Trinajstić information content (AvgIpc) is 3.18. The van der Waals surface area contributed by atoms with Gasteiger partial charge in [-0.2, -0.15) is 5.10 Å². The molecule has 2 aromatic heterocycles. The van der Waals surface area contributed by atoms with Crippen molar-refractivity contribution in [2.45, 2.75) is 26.4 Å². The maximum absolute atomic E-state index is 14.0. The molecule has 0 radical (unpaired) electrons. The highest BCUT2D eigenvalue weighted by atomic mass is 35.5. The van der Waals surface area contributed by atoms with E-state index in [2.05, 4.69) is 25.8 Å². The number of amides is 2. The summed E-state index contributed by atoms with van der Waals surface area (Å²) in [4.78, 5) is 30.9. The van der Waals surface area contributed by atoms with Gasteiger partial charge in [-0.25, -0.2) is 9.37 Å². The van der Waals surface area contributed by atoms with Crippen molar-refractivity contribution in [2.75, 3.05) is 11.9 Å². The molecule has 1 aromatic carbocycles. The monoisotopic (exact) mass is 442 g/mol. The molecule has 4 rings (SSSR count). The van der Waals surface area contributed by atoms with Crippen molar-refractivity contribution in [3.8, 4) is 0 Å². The molecule has 1 aliphatic heterocycles. The van der Waals surface area contributed by atoms with E-state index < -0.39 is 17.6 Å². The van der Waals surface area contributed by atoms with E-state index in [1.165, 1.54) is 17.0 Å². The maximum atomic E-state index is 14.0. The molecular formula is C21H20ClFN6O2. The molecule has 0 aliphatic carbocycles. The SMILES string of the molecule is Cc1cc(Nc2ccc3c(n2)CN(C(=O)C(=O)NCc2cccc(Cl)c2F)CC3)[nH]n1. The van der Waals surface area contributed by atoms with Crippen molar-refractivity contribution in [1.82, 2.24) is 25.4 Å². The molecule has 0 atom stereocenters. The van der Waals surface area contributed by atoms with Crippen LogP contribution in [0.4, 0.5) is 16.0 Å². The van der Waals surface area contributed by atoms with Crippen molar-refractivity contribution in [1.29, 1.82) is 0 Å². The largest absolute Gasteiger partial charge is 0.344 e. The van der Waals surface area contributed by atoms with Crippen molar-refractivity contribution in [2.24, 2.45) is 0 Å². The van der Waals surface area contributed by atoms with Gasteiger partial charge in [0.25, 0.3) is 0 Å². The molecule has 31 heavy (non-hydrogen) atoms. The summed E-state index contributed by atoms with van der Waals surface area (Å²) in [6.45, 7) is 2.36. The van der Waals surface area contributed by atoms with Gasteiger partial charge in [-0.15, -0.1) is 0 Å². The molecule has 160 valence electrons. The molecule has 0 unspecified atom stereocenters. The Morgan fingerprint density at radius 3 is 2.90 bits per heavy atom. The number of rotatable bonds is 4. The van der Waals surface area contributed by atoms with Crippen molar-refractivity contribution >= 4 is 35.1 Å². The summed E-state index contributed by atoms with van der Waals surface area (Å²) in [5.74, 6) is -0.776. The third-order valence-corrected chi connectivity index (χ3v) is 5.27. The second kappa shape index (κ2) is 8.73. The molecule has 8 nitrogen and oxygen atoms in total. The first-order chi connectivity index (χ1) is 14.9. The van der Waals surface area contributed by atoms with Crippen LogP contribution >= 0.6 is 11.6 Å². The van der Waals surface area contributed by atoms with E-state index in [-0.39, 0.29) is 23.7 Å². The van der Waals surface area contributed by atoms with Crippen LogP contribution in [0, 0.1) is 12.7 Å². The maximum Gasteiger partial charge on any atom is 0.312 e. The van der Waals surface area contributed by atoms with Crippen molar-refractivity contribution in [3.05, 3.63) is 69.8 Å². The second-order valence-corrected chi connectivity index (χ2v) is 7.63. The van der Waals surface area contributed by atoms with Gasteiger partial charge in [0.1, 0.15) is 17.5 Å². The molecule has 2 amide bonds. The summed E-state index contributed by atoms with van der Waals surface area (Å²) in [5.41, 5.74) is 2.80. The highest BCUT2D eigenvalue weighted by Gasteiger charge is 2.27. The third kappa shape index (κ3) is 4.66. The van der Waals surface area contributed by atoms with Crippen LogP contribution in [0.1, 0.15) is 22.5 Å². The van der Waals surface area contributed by atoms with Gasteiger partial charge in [-0.1, -0.05) is 29.8 Å². The van der Waals surface area contributed by atoms with Crippen LogP contribution in [0.15, 0.2) is 36.4 Å². The smallest absolute Gasteiger partial charge is 0.312 e. The van der Waals surface area contributed by atoms with Crippen LogP contribution in [0.25, 0.3) is 0 Å². The second-order valence-electron chi connectivity index (χ2n) is 7.22. The van der Waals surface area contributed by atoms with Crippen molar-refractivity contribution in [3.63, 3.8) is 0 Å². The Kier molecular flexibility index (Phi) is 5.85. The fourth-order valence-electron chi connectivity index (χ4n) is 3.36. The van der Waals surface area contributed by atoms with E-state index in [1.807, 2.05) is 25.1 Å². The molecule has 10 heteroatoms. The molecule has 0 saturated heterocycles. The number of benzene rings is 1. The van der Waals surface area contributed by atoms with Gasteiger partial charge in [-0.05, 0) is 31.0 Å². The number of fused-ring (bicyclic) bond motifs is 1. The Hall–Kier alpha value is -3.46. The predicted molar refractivity (Wildman–Crippen MR) is 113 cm³/mol. The Morgan fingerprint density at radius 2 is 2.13 bits per heavy atom. The molecule has 0 saturated carbocycles. The predicted octanol–water partition coefficient (Wildman–Crippen LogP) is 2.85. The highest BCUT2D eigenvalue weighted by molar-refractivity contribution is 6.35. The number of anilines is 2. The number of carbonyl (C=O) groups is 2. The van der Waals surface area contributed by atoms with Crippen LogP contribution < -0.4 is 10.6 Å². The highest BCUT2D eigenvalue weighted by Crippen LogP contribution is 2.22. The molecule has 3 N–H and O–H groups in total. The molecule has 0 bridgehead atoms. The topological polar surface area (TPSA) is 103 Å². The van der Waals surface area contributed by atoms with Crippen LogP contribution in [-0.4, -0.2) is 38.4 Å². The third-order valence-electron chi connectivity index (χ3n) is 4.98. The number of carbonyl (C=O) groups excluding carboxylic acids is 2. The van der Waals surface area contributed by atoms with Gasteiger partial charge in [0, 0.05) is 24.7 Å². The standard InChI is InChI=1S/C21H20ClFN6O2/c1-12-9-18(28-27-12)26-17-6-5-13-7-8-29(11-16(13)25-17)21(31)20(30)24-10-14-3-2-4-15(22)19(14)23/h2-6,9H,7-8,10-11H2,1H3,(H,24,30)(H2,25,26,27,28). The Balaban J connectivity index is 1.40. The number of nitrogens with one attached hydrogen (secondary N) is 3. The van der Waals surface area contributed by atoms with E-state index >= 15 is 0 Å². The molecule has 0 spiro atoms. The molecule has 1 aliphatic rings. The zero-order chi connectivity index (χ0) is 22.0. The summed E-state index contributed by atoms with van der Waals surface area (Å²) < 4.78 is 14.0. The van der Waals surface area contributed by atoms with Crippen LogP contribution in [0.3, 0.4) is 0 Å². The summed E-state index contributed by atoms with van der Waals surface area (Å²) in [6, 6.07) is 10.2. The minimum absolute atomic E-state index is 0.0357. The minimum atomic E-state index is -0.801. The summed E-state index contributed by atoms with van der Waals surface area (Å²) in [6.07, 6.45) is 0.591. The molecule has 3 heterocycles. The molecule has 3 aromatic rings. The summed E-state index contributed by atoms with van der Waals surface area (Å²) in [7, 11) is 0. The van der Waals surface area contributed by atoms with E-state index in [0.29, 0.717) is 24.6 Å². The van der Waals surface area contributed by atoms with E-state index in [4.69, 9.17) is 11.6 Å². The normalized spacial score (nSPS) is 12.9.